The Labute approximate surface area is 87.4 Å². The molecule has 0 bridgehead atoms. The monoisotopic (exact) mass is 238 g/mol. The highest BCUT2D eigenvalue weighted by Gasteiger charge is 2.21. The van der Waals surface area contributed by atoms with Gasteiger partial charge in [-0.25, -0.2) is 8.78 Å². The largest absolute Gasteiger partial charge is 0.298 e. The van der Waals surface area contributed by atoms with Crippen molar-refractivity contribution in [1.82, 2.24) is 0 Å². The third-order valence-corrected chi connectivity index (χ3v) is 2.42. The van der Waals surface area contributed by atoms with E-state index in [4.69, 9.17) is 23.2 Å². The lowest BCUT2D eigenvalue weighted by atomic mass is 10.1. The highest BCUT2D eigenvalue weighted by molar-refractivity contribution is 6.43. The van der Waals surface area contributed by atoms with Gasteiger partial charge in [-0.05, 0) is 0 Å². The quantitative estimate of drug-likeness (QED) is 0.451. The summed E-state index contributed by atoms with van der Waals surface area (Å²) in [5, 5.41) is -1.18. The smallest absolute Gasteiger partial charge is 0.179 e. The molecule has 2 nitrogen and oxygen atoms in total. The molecule has 0 aromatic heterocycles. The third kappa shape index (κ3) is 1.51. The summed E-state index contributed by atoms with van der Waals surface area (Å²) in [4.78, 5) is 20.8. The fourth-order valence-electron chi connectivity index (χ4n) is 0.896. The molecule has 0 aliphatic carbocycles. The lowest BCUT2D eigenvalue weighted by Gasteiger charge is -2.05. The molecule has 0 N–H and O–H groups in total. The average Bonchev–Trinajstić information content (AvgIpc) is 2.20. The SMILES string of the molecule is O=Cc1c(F)c(F)c(Cl)c(Cl)c1C=O. The van der Waals surface area contributed by atoms with Gasteiger partial charge in [0.2, 0.25) is 0 Å². The van der Waals surface area contributed by atoms with E-state index in [-0.39, 0.29) is 12.6 Å². The molecule has 0 radical (unpaired) electrons. The van der Waals surface area contributed by atoms with Crippen LogP contribution in [0, 0.1) is 11.6 Å². The molecule has 0 unspecified atom stereocenters. The summed E-state index contributed by atoms with van der Waals surface area (Å²) in [5.74, 6) is -2.92. The van der Waals surface area contributed by atoms with E-state index in [1.807, 2.05) is 0 Å². The third-order valence-electron chi connectivity index (χ3n) is 1.58. The van der Waals surface area contributed by atoms with Crippen LogP contribution in [0.15, 0.2) is 0 Å². The summed E-state index contributed by atoms with van der Waals surface area (Å²) in [6.07, 6.45) is 0.144. The molecule has 74 valence electrons. The van der Waals surface area contributed by atoms with Gasteiger partial charge < -0.3 is 0 Å². The first-order chi connectivity index (χ1) is 6.54. The average molecular weight is 239 g/mol. The van der Waals surface area contributed by atoms with Crippen LogP contribution in [0.1, 0.15) is 20.7 Å². The van der Waals surface area contributed by atoms with Gasteiger partial charge in [0.25, 0.3) is 0 Å². The van der Waals surface area contributed by atoms with Gasteiger partial charge in [0.15, 0.2) is 24.2 Å². The van der Waals surface area contributed by atoms with E-state index in [0.29, 0.717) is 0 Å². The molecular weight excluding hydrogens is 237 g/mol. The van der Waals surface area contributed by atoms with Crippen LogP contribution >= 0.6 is 23.2 Å². The zero-order valence-electron chi connectivity index (χ0n) is 6.48. The molecule has 6 heteroatoms. The van der Waals surface area contributed by atoms with Crippen LogP contribution in [0.2, 0.25) is 10.0 Å². The summed E-state index contributed by atoms with van der Waals surface area (Å²) in [6, 6.07) is 0. The van der Waals surface area contributed by atoms with Crippen molar-refractivity contribution >= 4 is 35.8 Å². The maximum absolute atomic E-state index is 13.0. The van der Waals surface area contributed by atoms with Gasteiger partial charge >= 0.3 is 0 Å². The van der Waals surface area contributed by atoms with Gasteiger partial charge in [-0.3, -0.25) is 9.59 Å². The van der Waals surface area contributed by atoms with E-state index in [9.17, 15) is 18.4 Å². The predicted molar refractivity (Wildman–Crippen MR) is 47.2 cm³/mol. The van der Waals surface area contributed by atoms with Gasteiger partial charge in [-0.1, -0.05) is 23.2 Å². The molecule has 0 heterocycles. The van der Waals surface area contributed by atoms with E-state index in [0.717, 1.165) is 0 Å². The zero-order valence-corrected chi connectivity index (χ0v) is 7.99. The Balaban J connectivity index is 3.73. The van der Waals surface area contributed by atoms with Crippen molar-refractivity contribution in [3.8, 4) is 0 Å². The maximum atomic E-state index is 13.0. The minimum absolute atomic E-state index is 0.00432. The Bertz CT molecular complexity index is 380. The van der Waals surface area contributed by atoms with Crippen LogP contribution in [0.5, 0.6) is 0 Å². The van der Waals surface area contributed by atoms with Crippen LogP contribution in [-0.4, -0.2) is 12.6 Å². The summed E-state index contributed by atoms with van der Waals surface area (Å²) >= 11 is 10.7. The number of benzene rings is 1. The topological polar surface area (TPSA) is 34.1 Å². The number of carbonyl (C=O) groups excluding carboxylic acids is 2. The maximum Gasteiger partial charge on any atom is 0.179 e. The number of hydrogen-bond acceptors (Lipinski definition) is 2. The van der Waals surface area contributed by atoms with Crippen molar-refractivity contribution in [3.05, 3.63) is 32.8 Å². The van der Waals surface area contributed by atoms with Crippen molar-refractivity contribution in [3.63, 3.8) is 0 Å². The lowest BCUT2D eigenvalue weighted by molar-refractivity contribution is 0.109. The molecule has 0 amide bonds. The Hall–Kier alpha value is -1.00. The van der Waals surface area contributed by atoms with Crippen LogP contribution in [0.3, 0.4) is 0 Å². The van der Waals surface area contributed by atoms with Crippen LogP contribution in [0.25, 0.3) is 0 Å². The molecular formula is C8H2Cl2F2O2. The normalized spacial score (nSPS) is 10.0. The number of halogens is 4. The van der Waals surface area contributed by atoms with E-state index in [1.54, 1.807) is 0 Å². The van der Waals surface area contributed by atoms with Gasteiger partial charge in [0.1, 0.15) is 0 Å². The summed E-state index contributed by atoms with van der Waals surface area (Å²) < 4.78 is 25.9. The second-order valence-corrected chi connectivity index (χ2v) is 3.07. The zero-order chi connectivity index (χ0) is 10.9. The van der Waals surface area contributed by atoms with Crippen LogP contribution < -0.4 is 0 Å². The fraction of sp³-hybridized carbons (Fsp3) is 0. The number of rotatable bonds is 2. The summed E-state index contributed by atoms with van der Waals surface area (Å²) in [5.41, 5.74) is -1.18. The number of carbonyl (C=O) groups is 2. The van der Waals surface area contributed by atoms with Crippen molar-refractivity contribution < 1.29 is 18.4 Å². The minimum Gasteiger partial charge on any atom is -0.298 e. The molecule has 0 aliphatic heterocycles. The molecule has 1 rings (SSSR count). The predicted octanol–water partition coefficient (Wildman–Crippen LogP) is 2.90. The van der Waals surface area contributed by atoms with Gasteiger partial charge in [0.05, 0.1) is 15.6 Å². The molecule has 14 heavy (non-hydrogen) atoms. The molecule has 0 saturated carbocycles. The Morgan fingerprint density at radius 3 is 1.79 bits per heavy atom. The standard InChI is InChI=1S/C8H2Cl2F2O2/c9-5-3(1-13)4(2-14)7(11)8(12)6(5)10/h1-2H. The van der Waals surface area contributed by atoms with Gasteiger partial charge in [-0.2, -0.15) is 0 Å². The van der Waals surface area contributed by atoms with Crippen molar-refractivity contribution in [2.45, 2.75) is 0 Å². The second kappa shape index (κ2) is 4.02. The van der Waals surface area contributed by atoms with Gasteiger partial charge in [0, 0.05) is 5.56 Å². The second-order valence-electron chi connectivity index (χ2n) is 2.32. The molecule has 1 aromatic carbocycles. The molecule has 0 aliphatic rings. The van der Waals surface area contributed by atoms with E-state index in [1.165, 1.54) is 0 Å². The highest BCUT2D eigenvalue weighted by Crippen LogP contribution is 2.32. The highest BCUT2D eigenvalue weighted by atomic mass is 35.5. The Morgan fingerprint density at radius 2 is 1.36 bits per heavy atom. The minimum atomic E-state index is -1.48. The fourth-order valence-corrected chi connectivity index (χ4v) is 1.31. The van der Waals surface area contributed by atoms with Crippen molar-refractivity contribution in [2.24, 2.45) is 0 Å². The van der Waals surface area contributed by atoms with Gasteiger partial charge in [-0.15, -0.1) is 0 Å². The van der Waals surface area contributed by atoms with Crippen LogP contribution in [0.4, 0.5) is 8.78 Å². The summed E-state index contributed by atoms with van der Waals surface area (Å²) in [7, 11) is 0. The molecule has 0 saturated heterocycles. The van der Waals surface area contributed by atoms with E-state index < -0.39 is 32.8 Å². The first kappa shape index (κ1) is 11.1. The first-order valence-electron chi connectivity index (χ1n) is 3.30. The lowest BCUT2D eigenvalue weighted by Crippen LogP contribution is -2.01. The van der Waals surface area contributed by atoms with E-state index >= 15 is 0 Å². The van der Waals surface area contributed by atoms with Crippen LogP contribution in [-0.2, 0) is 0 Å². The van der Waals surface area contributed by atoms with Crippen molar-refractivity contribution in [2.75, 3.05) is 0 Å². The summed E-state index contributed by atoms with van der Waals surface area (Å²) in [6.45, 7) is 0. The molecule has 0 fully saturated rings. The van der Waals surface area contributed by atoms with E-state index in [2.05, 4.69) is 0 Å². The molecule has 0 atom stereocenters. The number of hydrogen-bond donors (Lipinski definition) is 0. The molecule has 1 aromatic rings. The molecule has 0 spiro atoms. The van der Waals surface area contributed by atoms with Crippen molar-refractivity contribution in [1.29, 1.82) is 0 Å². The Kier molecular flexibility index (Phi) is 3.18. The number of aldehydes is 2. The first-order valence-corrected chi connectivity index (χ1v) is 4.06. The Morgan fingerprint density at radius 1 is 0.857 bits per heavy atom.